The number of esters is 1. The molecule has 0 aromatic heterocycles. The quantitative estimate of drug-likeness (QED) is 0.409. The first-order valence-corrected chi connectivity index (χ1v) is 3.88. The van der Waals surface area contributed by atoms with Crippen molar-refractivity contribution in [2.75, 3.05) is 7.11 Å². The summed E-state index contributed by atoms with van der Waals surface area (Å²) in [5, 5.41) is 0. The molecule has 1 aromatic rings. The Labute approximate surface area is 105 Å². The van der Waals surface area contributed by atoms with E-state index >= 15 is 0 Å². The van der Waals surface area contributed by atoms with Gasteiger partial charge in [0, 0.05) is 5.56 Å². The number of ether oxygens (including phenoxy) is 1. The van der Waals surface area contributed by atoms with Gasteiger partial charge in [-0.15, -0.1) is 0 Å². The zero-order valence-electron chi connectivity index (χ0n) is 7.32. The minimum absolute atomic E-state index is 0. The summed E-state index contributed by atoms with van der Waals surface area (Å²) < 4.78 is 4.50. The number of hydrogen-bond acceptors (Lipinski definition) is 3. The molecule has 0 heterocycles. The molecule has 0 spiro atoms. The summed E-state index contributed by atoms with van der Waals surface area (Å²) in [7, 11) is 1.33. The van der Waals surface area contributed by atoms with Gasteiger partial charge < -0.3 is 4.74 Å². The summed E-state index contributed by atoms with van der Waals surface area (Å²) in [6.07, 6.45) is 0.879. The van der Waals surface area contributed by atoms with Crippen LogP contribution in [-0.2, 0) is 16.0 Å². The van der Waals surface area contributed by atoms with Crippen LogP contribution < -0.4 is 0 Å². The van der Waals surface area contributed by atoms with Gasteiger partial charge in [-0.25, -0.2) is 0 Å². The summed E-state index contributed by atoms with van der Waals surface area (Å²) >= 11 is 0. The summed E-state index contributed by atoms with van der Waals surface area (Å²) in [6.45, 7) is 0. The van der Waals surface area contributed by atoms with Crippen LogP contribution in [0.2, 0.25) is 0 Å². The van der Waals surface area contributed by atoms with Crippen LogP contribution in [0.5, 0.6) is 0 Å². The molecule has 0 aliphatic rings. The number of aldehydes is 1. The van der Waals surface area contributed by atoms with Gasteiger partial charge in [-0.05, 0) is 5.56 Å². The normalized spacial score (nSPS) is 8.64. The first-order valence-electron chi connectivity index (χ1n) is 3.88. The average molecular weight is 202 g/mol. The number of methoxy groups -OCH3 is 1. The van der Waals surface area contributed by atoms with Crippen LogP contribution in [0.4, 0.5) is 0 Å². The van der Waals surface area contributed by atoms with Crippen molar-refractivity contribution in [2.45, 2.75) is 6.42 Å². The van der Waals surface area contributed by atoms with Crippen LogP contribution in [0.3, 0.4) is 0 Å². The maximum atomic E-state index is 10.9. The van der Waals surface area contributed by atoms with Gasteiger partial charge in [0.25, 0.3) is 0 Å². The summed E-state index contributed by atoms with van der Waals surface area (Å²) in [5.41, 5.74) is 1.23. The van der Waals surface area contributed by atoms with Crippen molar-refractivity contribution in [1.82, 2.24) is 0 Å². The molecule has 0 fully saturated rings. The van der Waals surface area contributed by atoms with Crippen LogP contribution >= 0.6 is 0 Å². The molecule has 14 heavy (non-hydrogen) atoms. The van der Waals surface area contributed by atoms with Crippen molar-refractivity contribution in [3.05, 3.63) is 35.4 Å². The Bertz CT molecular complexity index is 323. The van der Waals surface area contributed by atoms with E-state index < -0.39 is 0 Å². The molecule has 0 radical (unpaired) electrons. The zero-order chi connectivity index (χ0) is 9.68. The fourth-order valence-corrected chi connectivity index (χ4v) is 1.04. The fourth-order valence-electron chi connectivity index (χ4n) is 1.04. The molecule has 0 aliphatic heterocycles. The Morgan fingerprint density at radius 3 is 2.64 bits per heavy atom. The Morgan fingerprint density at radius 1 is 1.43 bits per heavy atom. The second-order valence-electron chi connectivity index (χ2n) is 2.57. The first-order chi connectivity index (χ1) is 6.27. The molecule has 1 aromatic carbocycles. The molecule has 0 N–H and O–H groups in total. The van der Waals surface area contributed by atoms with E-state index in [1.807, 2.05) is 0 Å². The van der Waals surface area contributed by atoms with Crippen molar-refractivity contribution in [3.63, 3.8) is 0 Å². The molecule has 0 aliphatic carbocycles. The summed E-state index contributed by atoms with van der Waals surface area (Å²) in [5.74, 6) is -0.339. The molecule has 4 heteroatoms. The second-order valence-corrected chi connectivity index (χ2v) is 2.57. The topological polar surface area (TPSA) is 43.4 Å². The SMILES string of the molecule is COC(=O)Cc1ccccc1C=O.[NaH]. The monoisotopic (exact) mass is 202 g/mol. The van der Waals surface area contributed by atoms with Crippen LogP contribution in [0.15, 0.2) is 24.3 Å². The van der Waals surface area contributed by atoms with Crippen molar-refractivity contribution in [1.29, 1.82) is 0 Å². The van der Waals surface area contributed by atoms with E-state index in [9.17, 15) is 9.59 Å². The van der Waals surface area contributed by atoms with Gasteiger partial charge in [0.1, 0.15) is 6.29 Å². The number of carbonyl (C=O) groups is 2. The van der Waals surface area contributed by atoms with Gasteiger partial charge in [0.05, 0.1) is 13.5 Å². The van der Waals surface area contributed by atoms with Gasteiger partial charge in [-0.3, -0.25) is 9.59 Å². The zero-order valence-corrected chi connectivity index (χ0v) is 7.32. The third-order valence-corrected chi connectivity index (χ3v) is 1.74. The molecule has 3 nitrogen and oxygen atoms in total. The Kier molecular flexibility index (Phi) is 6.45. The molecular weight excluding hydrogens is 191 g/mol. The minimum atomic E-state index is -0.339. The number of hydrogen-bond donors (Lipinski definition) is 0. The van der Waals surface area contributed by atoms with E-state index in [1.165, 1.54) is 7.11 Å². The molecule has 0 saturated heterocycles. The predicted octanol–water partition coefficient (Wildman–Crippen LogP) is 0.566. The van der Waals surface area contributed by atoms with E-state index in [0.717, 1.165) is 6.29 Å². The Balaban J connectivity index is 0.00000169. The van der Waals surface area contributed by atoms with E-state index in [-0.39, 0.29) is 41.9 Å². The van der Waals surface area contributed by atoms with Crippen LogP contribution in [0.25, 0.3) is 0 Å². The molecular formula is C10H11NaO3. The van der Waals surface area contributed by atoms with Gasteiger partial charge in [-0.2, -0.15) is 0 Å². The predicted molar refractivity (Wildman–Crippen MR) is 54.7 cm³/mol. The van der Waals surface area contributed by atoms with Gasteiger partial charge >= 0.3 is 35.5 Å². The maximum absolute atomic E-state index is 10.9. The van der Waals surface area contributed by atoms with E-state index in [0.29, 0.717) is 11.1 Å². The number of benzene rings is 1. The molecule has 0 bridgehead atoms. The molecule has 1 rings (SSSR count). The molecule has 0 atom stereocenters. The first kappa shape index (κ1) is 13.4. The van der Waals surface area contributed by atoms with Crippen molar-refractivity contribution < 1.29 is 14.3 Å². The number of carbonyl (C=O) groups excluding carboxylic acids is 2. The fraction of sp³-hybridized carbons (Fsp3) is 0.200. The Hall–Kier alpha value is -0.640. The van der Waals surface area contributed by atoms with Gasteiger partial charge in [0.15, 0.2) is 0 Å². The molecule has 0 saturated carbocycles. The van der Waals surface area contributed by atoms with Gasteiger partial charge in [-0.1, -0.05) is 24.3 Å². The van der Waals surface area contributed by atoms with Crippen LogP contribution in [0.1, 0.15) is 15.9 Å². The molecule has 0 amide bonds. The van der Waals surface area contributed by atoms with Crippen molar-refractivity contribution in [3.8, 4) is 0 Å². The Morgan fingerprint density at radius 2 is 2.07 bits per heavy atom. The average Bonchev–Trinajstić information content (AvgIpc) is 2.18. The third-order valence-electron chi connectivity index (χ3n) is 1.74. The standard InChI is InChI=1S/C10H10O3.Na.H/c1-13-10(12)6-8-4-2-3-5-9(8)7-11;;/h2-5,7H,6H2,1H3;;. The van der Waals surface area contributed by atoms with Crippen molar-refractivity contribution in [2.24, 2.45) is 0 Å². The van der Waals surface area contributed by atoms with Crippen molar-refractivity contribution >= 4 is 41.8 Å². The second kappa shape index (κ2) is 6.76. The molecule has 0 unspecified atom stereocenters. The summed E-state index contributed by atoms with van der Waals surface area (Å²) in [4.78, 5) is 21.5. The van der Waals surface area contributed by atoms with Crippen LogP contribution in [0, 0.1) is 0 Å². The van der Waals surface area contributed by atoms with Gasteiger partial charge in [0.2, 0.25) is 0 Å². The summed E-state index contributed by atoms with van der Waals surface area (Å²) in [6, 6.07) is 6.95. The van der Waals surface area contributed by atoms with E-state index in [1.54, 1.807) is 24.3 Å². The van der Waals surface area contributed by atoms with E-state index in [2.05, 4.69) is 4.74 Å². The van der Waals surface area contributed by atoms with E-state index in [4.69, 9.17) is 0 Å². The molecule has 70 valence electrons. The van der Waals surface area contributed by atoms with Crippen LogP contribution in [-0.4, -0.2) is 48.9 Å². The number of rotatable bonds is 3. The third kappa shape index (κ3) is 3.62.